The summed E-state index contributed by atoms with van der Waals surface area (Å²) >= 11 is 0. The number of nitrogens with zero attached hydrogens (tertiary/aromatic N) is 2. The summed E-state index contributed by atoms with van der Waals surface area (Å²) in [5, 5.41) is 0. The van der Waals surface area contributed by atoms with Crippen LogP contribution in [0, 0.1) is 5.92 Å². The Bertz CT molecular complexity index is 603. The molecule has 3 fully saturated rings. The van der Waals surface area contributed by atoms with Crippen LogP contribution in [0.15, 0.2) is 30.3 Å². The molecule has 116 valence electrons. The second kappa shape index (κ2) is 5.00. The Balaban J connectivity index is 1.61. The average molecular weight is 300 g/mol. The number of rotatable bonds is 4. The fourth-order valence-electron chi connectivity index (χ4n) is 4.47. The molecular formula is C17H20N2O3. The van der Waals surface area contributed by atoms with E-state index in [1.165, 1.54) is 0 Å². The Hall–Kier alpha value is -2.04. The van der Waals surface area contributed by atoms with Gasteiger partial charge in [0.15, 0.2) is 0 Å². The van der Waals surface area contributed by atoms with Gasteiger partial charge in [-0.3, -0.25) is 4.79 Å². The fourth-order valence-corrected chi connectivity index (χ4v) is 4.47. The van der Waals surface area contributed by atoms with Crippen molar-refractivity contribution in [2.75, 3.05) is 6.61 Å². The molecule has 4 atom stereocenters. The van der Waals surface area contributed by atoms with E-state index in [2.05, 4.69) is 0 Å². The summed E-state index contributed by atoms with van der Waals surface area (Å²) in [6.07, 6.45) is 1.93. The van der Waals surface area contributed by atoms with Crippen LogP contribution < -0.4 is 0 Å². The first kappa shape index (κ1) is 13.6. The van der Waals surface area contributed by atoms with Gasteiger partial charge in [-0.2, -0.15) is 0 Å². The predicted molar refractivity (Wildman–Crippen MR) is 79.9 cm³/mol. The third-order valence-corrected chi connectivity index (χ3v) is 5.23. The number of ether oxygens (including phenoxy) is 1. The lowest BCUT2D eigenvalue weighted by molar-refractivity contribution is -0.151. The van der Waals surface area contributed by atoms with Crippen LogP contribution in [0.1, 0.15) is 25.3 Å². The summed E-state index contributed by atoms with van der Waals surface area (Å²) in [5.41, 5.74) is 1.10. The Morgan fingerprint density at radius 2 is 1.95 bits per heavy atom. The first-order chi connectivity index (χ1) is 10.7. The highest BCUT2D eigenvalue weighted by molar-refractivity contribution is 5.86. The molecule has 0 aromatic heterocycles. The van der Waals surface area contributed by atoms with Gasteiger partial charge in [-0.1, -0.05) is 30.3 Å². The molecule has 3 aliphatic heterocycles. The molecule has 1 aromatic carbocycles. The number of hydrogen-bond acceptors (Lipinski definition) is 3. The second-order valence-corrected chi connectivity index (χ2v) is 6.28. The van der Waals surface area contributed by atoms with Gasteiger partial charge in [0.25, 0.3) is 0 Å². The van der Waals surface area contributed by atoms with Gasteiger partial charge in [0.05, 0.1) is 24.6 Å². The Kier molecular flexibility index (Phi) is 3.10. The predicted octanol–water partition coefficient (Wildman–Crippen LogP) is 2.02. The van der Waals surface area contributed by atoms with Gasteiger partial charge in [-0.25, -0.2) is 4.79 Å². The summed E-state index contributed by atoms with van der Waals surface area (Å²) < 4.78 is 5.26. The molecule has 2 amide bonds. The van der Waals surface area contributed by atoms with E-state index in [9.17, 15) is 9.59 Å². The molecular weight excluding hydrogens is 280 g/mol. The molecule has 22 heavy (non-hydrogen) atoms. The minimum Gasteiger partial charge on any atom is -0.466 e. The van der Waals surface area contributed by atoms with E-state index >= 15 is 0 Å². The van der Waals surface area contributed by atoms with E-state index in [0.29, 0.717) is 13.2 Å². The van der Waals surface area contributed by atoms with Crippen LogP contribution in [0.2, 0.25) is 0 Å². The molecule has 0 N–H and O–H groups in total. The summed E-state index contributed by atoms with van der Waals surface area (Å²) in [4.78, 5) is 28.8. The van der Waals surface area contributed by atoms with Crippen LogP contribution in [-0.2, 0) is 16.1 Å². The van der Waals surface area contributed by atoms with Gasteiger partial charge in [0.2, 0.25) is 0 Å². The van der Waals surface area contributed by atoms with Crippen molar-refractivity contribution >= 4 is 12.0 Å². The zero-order valence-electron chi connectivity index (χ0n) is 12.6. The number of carbonyl (C=O) groups is 2. The van der Waals surface area contributed by atoms with Crippen LogP contribution in [0.5, 0.6) is 0 Å². The molecule has 3 saturated heterocycles. The van der Waals surface area contributed by atoms with E-state index in [4.69, 9.17) is 4.74 Å². The van der Waals surface area contributed by atoms with Crippen LogP contribution in [0.25, 0.3) is 0 Å². The van der Waals surface area contributed by atoms with E-state index in [-0.39, 0.29) is 36.0 Å². The standard InChI is InChI=1S/C17H20N2O3/c1-2-22-16(20)14-12-8-9-13-15(14)18(17(21)19(12)13)10-11-6-4-3-5-7-11/h3-7,12-15H,2,8-10H2,1H3. The molecule has 5 nitrogen and oxygen atoms in total. The SMILES string of the molecule is CCOC(=O)C1C2C3CCC1N3C(=O)N2Cc1ccccc1. The lowest BCUT2D eigenvalue weighted by atomic mass is 9.83. The summed E-state index contributed by atoms with van der Waals surface area (Å²) in [6, 6.07) is 10.3. The topological polar surface area (TPSA) is 49.9 Å². The van der Waals surface area contributed by atoms with Gasteiger partial charge in [-0.05, 0) is 25.3 Å². The minimum absolute atomic E-state index is 0.0227. The zero-order chi connectivity index (χ0) is 15.3. The maximum atomic E-state index is 12.7. The lowest BCUT2D eigenvalue weighted by Gasteiger charge is -2.37. The second-order valence-electron chi connectivity index (χ2n) is 6.28. The molecule has 4 bridgehead atoms. The third-order valence-electron chi connectivity index (χ3n) is 5.23. The van der Waals surface area contributed by atoms with Crippen molar-refractivity contribution in [3.63, 3.8) is 0 Å². The molecule has 1 aromatic rings. The molecule has 0 saturated carbocycles. The van der Waals surface area contributed by atoms with Crippen LogP contribution in [0.4, 0.5) is 4.79 Å². The van der Waals surface area contributed by atoms with E-state index < -0.39 is 0 Å². The highest BCUT2D eigenvalue weighted by atomic mass is 16.5. The van der Waals surface area contributed by atoms with E-state index in [1.807, 2.05) is 47.1 Å². The number of amides is 2. The Morgan fingerprint density at radius 1 is 1.23 bits per heavy atom. The van der Waals surface area contributed by atoms with E-state index in [1.54, 1.807) is 0 Å². The first-order valence-electron chi connectivity index (χ1n) is 8.02. The van der Waals surface area contributed by atoms with Crippen molar-refractivity contribution in [3.05, 3.63) is 35.9 Å². The molecule has 3 aliphatic rings. The fraction of sp³-hybridized carbons (Fsp3) is 0.529. The monoisotopic (exact) mass is 300 g/mol. The quantitative estimate of drug-likeness (QED) is 0.799. The van der Waals surface area contributed by atoms with Crippen molar-refractivity contribution in [2.45, 2.75) is 44.4 Å². The number of esters is 1. The third kappa shape index (κ3) is 1.77. The summed E-state index contributed by atoms with van der Waals surface area (Å²) in [7, 11) is 0. The number of carbonyl (C=O) groups excluding carboxylic acids is 2. The van der Waals surface area contributed by atoms with Crippen LogP contribution >= 0.6 is 0 Å². The van der Waals surface area contributed by atoms with Gasteiger partial charge in [-0.15, -0.1) is 0 Å². The molecule has 3 heterocycles. The normalized spacial score (nSPS) is 32.0. The average Bonchev–Trinajstić information content (AvgIpc) is 3.16. The molecule has 0 aliphatic carbocycles. The largest absolute Gasteiger partial charge is 0.466 e. The molecule has 4 unspecified atom stereocenters. The van der Waals surface area contributed by atoms with Crippen molar-refractivity contribution in [1.82, 2.24) is 9.80 Å². The van der Waals surface area contributed by atoms with Crippen molar-refractivity contribution < 1.29 is 14.3 Å². The lowest BCUT2D eigenvalue weighted by Crippen LogP contribution is -2.53. The van der Waals surface area contributed by atoms with Gasteiger partial charge < -0.3 is 14.5 Å². The van der Waals surface area contributed by atoms with Crippen molar-refractivity contribution in [1.29, 1.82) is 0 Å². The van der Waals surface area contributed by atoms with Crippen molar-refractivity contribution in [2.24, 2.45) is 5.92 Å². The van der Waals surface area contributed by atoms with Gasteiger partial charge in [0, 0.05) is 12.6 Å². The molecule has 4 rings (SSSR count). The Labute approximate surface area is 129 Å². The van der Waals surface area contributed by atoms with Gasteiger partial charge in [0.1, 0.15) is 0 Å². The van der Waals surface area contributed by atoms with Crippen molar-refractivity contribution in [3.8, 4) is 0 Å². The summed E-state index contributed by atoms with van der Waals surface area (Å²) in [5.74, 6) is -0.324. The number of urea groups is 1. The highest BCUT2D eigenvalue weighted by Crippen LogP contribution is 2.50. The summed E-state index contributed by atoms with van der Waals surface area (Å²) in [6.45, 7) is 2.79. The van der Waals surface area contributed by atoms with Gasteiger partial charge >= 0.3 is 12.0 Å². The zero-order valence-corrected chi connectivity index (χ0v) is 12.6. The molecule has 0 radical (unpaired) electrons. The number of hydrogen-bond donors (Lipinski definition) is 0. The highest BCUT2D eigenvalue weighted by Gasteiger charge is 2.66. The number of benzene rings is 1. The van der Waals surface area contributed by atoms with E-state index in [0.717, 1.165) is 18.4 Å². The first-order valence-corrected chi connectivity index (χ1v) is 8.02. The maximum Gasteiger partial charge on any atom is 0.321 e. The minimum atomic E-state index is -0.180. The smallest absolute Gasteiger partial charge is 0.321 e. The van der Waals surface area contributed by atoms with Crippen LogP contribution in [-0.4, -0.2) is 46.5 Å². The maximum absolute atomic E-state index is 12.7. The molecule has 0 spiro atoms. The van der Waals surface area contributed by atoms with Crippen LogP contribution in [0.3, 0.4) is 0 Å². The molecule has 5 heteroatoms. The Morgan fingerprint density at radius 3 is 2.64 bits per heavy atom.